The Kier molecular flexibility index (Phi) is 7.81. The summed E-state index contributed by atoms with van der Waals surface area (Å²) in [6.45, 7) is 4.69. The zero-order valence-corrected chi connectivity index (χ0v) is 34.0. The van der Waals surface area contributed by atoms with Gasteiger partial charge in [0.15, 0.2) is 17.5 Å². The van der Waals surface area contributed by atoms with Gasteiger partial charge >= 0.3 is 0 Å². The van der Waals surface area contributed by atoms with Gasteiger partial charge in [0.2, 0.25) is 0 Å². The van der Waals surface area contributed by atoms with E-state index in [4.69, 9.17) is 19.4 Å². The number of furan rings is 1. The van der Waals surface area contributed by atoms with E-state index in [1.807, 2.05) is 41.7 Å². The number of fused-ring (bicyclic) bond motifs is 9. The number of allylic oxidation sites excluding steroid dienone is 4. The predicted octanol–water partition coefficient (Wildman–Crippen LogP) is 15.0. The van der Waals surface area contributed by atoms with Crippen LogP contribution in [0.25, 0.3) is 81.6 Å². The second-order valence-electron chi connectivity index (χ2n) is 16.3. The fraction of sp³-hybridized carbons (Fsp3) is 0.0926. The minimum atomic E-state index is -0.146. The molecule has 10 aromatic rings. The first-order chi connectivity index (χ1) is 29.5. The van der Waals surface area contributed by atoms with Crippen molar-refractivity contribution < 1.29 is 4.42 Å². The third kappa shape index (κ3) is 5.48. The molecule has 3 heterocycles. The van der Waals surface area contributed by atoms with E-state index in [2.05, 4.69) is 158 Å². The lowest BCUT2D eigenvalue weighted by Crippen LogP contribution is -2.16. The van der Waals surface area contributed by atoms with Crippen molar-refractivity contribution in [1.29, 1.82) is 0 Å². The van der Waals surface area contributed by atoms with Gasteiger partial charge in [-0.05, 0) is 95.3 Å². The van der Waals surface area contributed by atoms with Gasteiger partial charge in [-0.15, -0.1) is 11.3 Å². The van der Waals surface area contributed by atoms with E-state index in [9.17, 15) is 0 Å². The minimum absolute atomic E-state index is 0.146. The summed E-state index contributed by atoms with van der Waals surface area (Å²) in [5, 5.41) is 4.65. The van der Waals surface area contributed by atoms with Crippen LogP contribution in [0.5, 0.6) is 0 Å². The molecule has 0 N–H and O–H groups in total. The summed E-state index contributed by atoms with van der Waals surface area (Å²) in [5.74, 6) is 1.99. The van der Waals surface area contributed by atoms with Crippen LogP contribution in [0, 0.1) is 0 Å². The lowest BCUT2D eigenvalue weighted by molar-refractivity contribution is 0.660. The molecule has 0 unspecified atom stereocenters. The van der Waals surface area contributed by atoms with Crippen molar-refractivity contribution in [2.24, 2.45) is 0 Å². The number of hydrogen-bond donors (Lipinski definition) is 0. The normalized spacial score (nSPS) is 14.2. The number of nitrogens with zero attached hydrogens (tertiary/aromatic N) is 4. The summed E-state index contributed by atoms with van der Waals surface area (Å²) in [6.07, 6.45) is 8.25. The van der Waals surface area contributed by atoms with Crippen LogP contribution in [0.15, 0.2) is 174 Å². The molecule has 6 heteroatoms. The van der Waals surface area contributed by atoms with Crippen LogP contribution in [0.1, 0.15) is 43.6 Å². The Morgan fingerprint density at radius 1 is 0.567 bits per heavy atom. The molecule has 0 bridgehead atoms. The molecular weight excluding hydrogens is 753 g/mol. The molecule has 0 aliphatic heterocycles. The van der Waals surface area contributed by atoms with Gasteiger partial charge in [0.25, 0.3) is 0 Å². The van der Waals surface area contributed by atoms with E-state index < -0.39 is 0 Å². The summed E-state index contributed by atoms with van der Waals surface area (Å²) >= 11 is 1.84. The quantitative estimate of drug-likeness (QED) is 0.168. The van der Waals surface area contributed by atoms with Crippen molar-refractivity contribution in [2.75, 3.05) is 4.90 Å². The van der Waals surface area contributed by atoms with E-state index in [1.165, 1.54) is 42.4 Å². The fourth-order valence-corrected chi connectivity index (χ4v) is 10.5. The number of thiophene rings is 1. The van der Waals surface area contributed by atoms with E-state index >= 15 is 0 Å². The van der Waals surface area contributed by atoms with Crippen molar-refractivity contribution >= 4 is 76.1 Å². The summed E-state index contributed by atoms with van der Waals surface area (Å²) in [6, 6.07) is 54.4. The highest BCUT2D eigenvalue weighted by atomic mass is 32.1. The molecule has 0 saturated heterocycles. The third-order valence-corrected chi connectivity index (χ3v) is 13.5. The van der Waals surface area contributed by atoms with Crippen molar-refractivity contribution in [3.05, 3.63) is 187 Å². The molecule has 0 amide bonds. The van der Waals surface area contributed by atoms with E-state index in [1.54, 1.807) is 0 Å². The van der Waals surface area contributed by atoms with E-state index in [-0.39, 0.29) is 5.41 Å². The number of aromatic nitrogens is 3. The summed E-state index contributed by atoms with van der Waals surface area (Å²) < 4.78 is 9.33. The smallest absolute Gasteiger partial charge is 0.164 e. The Morgan fingerprint density at radius 3 is 2.18 bits per heavy atom. The van der Waals surface area contributed by atoms with Gasteiger partial charge in [-0.3, -0.25) is 0 Å². The van der Waals surface area contributed by atoms with Gasteiger partial charge < -0.3 is 9.32 Å². The largest absolute Gasteiger partial charge is 0.456 e. The lowest BCUT2D eigenvalue weighted by Gasteiger charge is -2.28. The molecule has 0 saturated carbocycles. The van der Waals surface area contributed by atoms with E-state index in [0.29, 0.717) is 17.5 Å². The maximum atomic E-state index is 6.78. The monoisotopic (exact) mass is 790 g/mol. The second kappa shape index (κ2) is 13.4. The van der Waals surface area contributed by atoms with Gasteiger partial charge in [-0.25, -0.2) is 15.0 Å². The minimum Gasteiger partial charge on any atom is -0.456 e. The Bertz CT molecular complexity index is 3430. The lowest BCUT2D eigenvalue weighted by atomic mass is 9.82. The van der Waals surface area contributed by atoms with Gasteiger partial charge in [-0.2, -0.15) is 0 Å². The molecule has 2 aliphatic rings. The van der Waals surface area contributed by atoms with Gasteiger partial charge in [-0.1, -0.05) is 129 Å². The van der Waals surface area contributed by atoms with Crippen LogP contribution >= 0.6 is 11.3 Å². The van der Waals surface area contributed by atoms with E-state index in [0.717, 1.165) is 68.5 Å². The SMILES string of the molecule is CC1(C)c2ccccc2-c2ccc(N(c3ccc4c(c3)sc3ccccc34)c3cccc4oc5cc(-c6nc(C7=CC=CCC7)nc(-c7ccccc7)n6)ccc5c34)cc21. The van der Waals surface area contributed by atoms with Crippen LogP contribution in [-0.4, -0.2) is 15.0 Å². The molecule has 2 aliphatic carbocycles. The van der Waals surface area contributed by atoms with Gasteiger partial charge in [0, 0.05) is 53.5 Å². The molecule has 286 valence electrons. The van der Waals surface area contributed by atoms with Crippen LogP contribution in [0.3, 0.4) is 0 Å². The molecular formula is C54H38N4OS. The summed E-state index contributed by atoms with van der Waals surface area (Å²) in [7, 11) is 0. The van der Waals surface area contributed by atoms with Crippen LogP contribution in [0.2, 0.25) is 0 Å². The third-order valence-electron chi connectivity index (χ3n) is 12.4. The Balaban J connectivity index is 1.04. The Labute approximate surface area is 351 Å². The number of rotatable bonds is 6. The average molecular weight is 791 g/mol. The summed E-state index contributed by atoms with van der Waals surface area (Å²) in [5.41, 5.74) is 13.0. The molecule has 0 spiro atoms. The van der Waals surface area contributed by atoms with Crippen molar-refractivity contribution in [2.45, 2.75) is 32.1 Å². The first kappa shape index (κ1) is 34.9. The maximum absolute atomic E-state index is 6.78. The zero-order chi connectivity index (χ0) is 40.0. The first-order valence-corrected chi connectivity index (χ1v) is 21.4. The standard InChI is InChI=1S/C54H38N4OS/c1-54(2)43-20-11-9-18-38(43)39-28-25-36(31-44(39)54)58(37-26-29-41-40-19-10-12-23-48(40)60-49(41)32-37)45-21-13-22-46-50(45)42-27-24-35(30-47(42)59-46)53-56-51(33-14-5-3-6-15-33)55-52(57-53)34-16-7-4-8-17-34/h3-7,9-16,18-32H,8,17H2,1-2H3. The molecule has 12 rings (SSSR count). The second-order valence-corrected chi connectivity index (χ2v) is 17.4. The highest BCUT2D eigenvalue weighted by Crippen LogP contribution is 2.52. The van der Waals surface area contributed by atoms with Crippen molar-refractivity contribution in [1.82, 2.24) is 15.0 Å². The molecule has 7 aromatic carbocycles. The van der Waals surface area contributed by atoms with Gasteiger partial charge in [0.05, 0.1) is 11.1 Å². The predicted molar refractivity (Wildman–Crippen MR) is 249 cm³/mol. The highest BCUT2D eigenvalue weighted by molar-refractivity contribution is 7.25. The number of anilines is 3. The average Bonchev–Trinajstić information content (AvgIpc) is 3.94. The zero-order valence-electron chi connectivity index (χ0n) is 33.2. The number of hydrogen-bond acceptors (Lipinski definition) is 6. The molecule has 0 radical (unpaired) electrons. The van der Waals surface area contributed by atoms with Crippen molar-refractivity contribution in [3.63, 3.8) is 0 Å². The maximum Gasteiger partial charge on any atom is 0.164 e. The van der Waals surface area contributed by atoms with Crippen LogP contribution in [-0.2, 0) is 5.41 Å². The highest BCUT2D eigenvalue weighted by Gasteiger charge is 2.36. The topological polar surface area (TPSA) is 55.1 Å². The molecule has 60 heavy (non-hydrogen) atoms. The molecule has 0 fully saturated rings. The summed E-state index contributed by atoms with van der Waals surface area (Å²) in [4.78, 5) is 17.5. The first-order valence-electron chi connectivity index (χ1n) is 20.6. The molecule has 0 atom stereocenters. The fourth-order valence-electron chi connectivity index (χ4n) is 9.40. The molecule has 3 aromatic heterocycles. The van der Waals surface area contributed by atoms with Crippen LogP contribution < -0.4 is 4.90 Å². The Hall–Kier alpha value is -7.15. The van der Waals surface area contributed by atoms with Crippen molar-refractivity contribution in [3.8, 4) is 33.9 Å². The Morgan fingerprint density at radius 2 is 1.30 bits per heavy atom. The molecule has 5 nitrogen and oxygen atoms in total. The van der Waals surface area contributed by atoms with Gasteiger partial charge in [0.1, 0.15) is 11.2 Å². The number of benzene rings is 7. The van der Waals surface area contributed by atoms with Crippen LogP contribution in [0.4, 0.5) is 17.1 Å².